The van der Waals surface area contributed by atoms with Crippen LogP contribution >= 0.6 is 11.3 Å². The van der Waals surface area contributed by atoms with E-state index in [0.717, 1.165) is 26.8 Å². The summed E-state index contributed by atoms with van der Waals surface area (Å²) in [4.78, 5) is 12.1. The lowest BCUT2D eigenvalue weighted by Crippen LogP contribution is -1.82. The van der Waals surface area contributed by atoms with Gasteiger partial charge < -0.3 is 0 Å². The number of rotatable bonds is 2. The zero-order valence-corrected chi connectivity index (χ0v) is 10.2. The van der Waals surface area contributed by atoms with E-state index in [4.69, 9.17) is 0 Å². The summed E-state index contributed by atoms with van der Waals surface area (Å²) in [6.45, 7) is 0. The van der Waals surface area contributed by atoms with Crippen molar-refractivity contribution in [2.75, 3.05) is 0 Å². The molecule has 3 aromatic rings. The summed E-state index contributed by atoms with van der Waals surface area (Å²) < 4.78 is 14.3. The van der Waals surface area contributed by atoms with Crippen molar-refractivity contribution in [3.05, 3.63) is 59.9 Å². The van der Waals surface area contributed by atoms with Gasteiger partial charge in [0, 0.05) is 20.5 Å². The van der Waals surface area contributed by atoms with Crippen LogP contribution in [-0.2, 0) is 0 Å². The van der Waals surface area contributed by atoms with Gasteiger partial charge in [0.25, 0.3) is 0 Å². The fourth-order valence-corrected chi connectivity index (χ4v) is 3.19. The number of benzene rings is 2. The third-order valence-electron chi connectivity index (χ3n) is 2.84. The minimum atomic E-state index is -0.290. The average Bonchev–Trinajstić information content (AvgIpc) is 2.77. The number of aldehydes is 1. The Morgan fingerprint density at radius 1 is 1.06 bits per heavy atom. The molecule has 0 aliphatic heterocycles. The van der Waals surface area contributed by atoms with Crippen molar-refractivity contribution in [2.24, 2.45) is 0 Å². The van der Waals surface area contributed by atoms with Crippen LogP contribution in [0.2, 0.25) is 0 Å². The number of carbonyl (C=O) groups excluding carboxylic acids is 1. The minimum absolute atomic E-state index is 0.290. The van der Waals surface area contributed by atoms with E-state index in [-0.39, 0.29) is 5.82 Å². The average molecular weight is 256 g/mol. The van der Waals surface area contributed by atoms with Crippen molar-refractivity contribution in [1.82, 2.24) is 0 Å². The third kappa shape index (κ3) is 1.73. The summed E-state index contributed by atoms with van der Waals surface area (Å²) in [5.74, 6) is -0.290. The number of carbonyl (C=O) groups is 1. The first-order valence-electron chi connectivity index (χ1n) is 5.52. The molecule has 0 saturated heterocycles. The van der Waals surface area contributed by atoms with Gasteiger partial charge in [-0.05, 0) is 23.8 Å². The predicted molar refractivity (Wildman–Crippen MR) is 72.6 cm³/mol. The molecule has 0 radical (unpaired) electrons. The predicted octanol–water partition coefficient (Wildman–Crippen LogP) is 4.52. The van der Waals surface area contributed by atoms with Crippen LogP contribution < -0.4 is 0 Å². The van der Waals surface area contributed by atoms with Crippen molar-refractivity contribution in [3.8, 4) is 10.4 Å². The van der Waals surface area contributed by atoms with Crippen LogP contribution in [0.15, 0.2) is 48.5 Å². The van der Waals surface area contributed by atoms with E-state index in [9.17, 15) is 9.18 Å². The monoisotopic (exact) mass is 256 g/mol. The Balaban J connectivity index is 2.32. The molecule has 0 spiro atoms. The van der Waals surface area contributed by atoms with Crippen molar-refractivity contribution >= 4 is 27.7 Å². The molecule has 0 unspecified atom stereocenters. The zero-order valence-electron chi connectivity index (χ0n) is 9.39. The van der Waals surface area contributed by atoms with E-state index >= 15 is 0 Å². The van der Waals surface area contributed by atoms with Crippen LogP contribution in [0, 0.1) is 5.82 Å². The second-order valence-corrected chi connectivity index (χ2v) is 5.02. The van der Waals surface area contributed by atoms with Gasteiger partial charge in [0.05, 0.1) is 0 Å². The van der Waals surface area contributed by atoms with Gasteiger partial charge >= 0.3 is 0 Å². The van der Waals surface area contributed by atoms with E-state index in [0.29, 0.717) is 5.56 Å². The van der Waals surface area contributed by atoms with Gasteiger partial charge in [-0.3, -0.25) is 4.79 Å². The van der Waals surface area contributed by atoms with Crippen LogP contribution in [0.3, 0.4) is 0 Å². The Kier molecular flexibility index (Phi) is 2.68. The summed E-state index contributed by atoms with van der Waals surface area (Å²) >= 11 is 1.51. The van der Waals surface area contributed by atoms with Gasteiger partial charge in [-0.25, -0.2) is 4.39 Å². The molecule has 88 valence electrons. The van der Waals surface area contributed by atoms with E-state index in [1.54, 1.807) is 6.07 Å². The number of thiophene rings is 1. The molecule has 0 fully saturated rings. The normalized spacial score (nSPS) is 10.7. The maximum Gasteiger partial charge on any atom is 0.152 e. The van der Waals surface area contributed by atoms with Crippen molar-refractivity contribution in [2.45, 2.75) is 0 Å². The Morgan fingerprint density at radius 2 is 1.89 bits per heavy atom. The molecule has 3 rings (SSSR count). The van der Waals surface area contributed by atoms with Gasteiger partial charge in [0.15, 0.2) is 6.29 Å². The van der Waals surface area contributed by atoms with Gasteiger partial charge in [-0.15, -0.1) is 11.3 Å². The van der Waals surface area contributed by atoms with Crippen LogP contribution in [-0.4, -0.2) is 6.29 Å². The highest BCUT2D eigenvalue weighted by Gasteiger charge is 2.13. The van der Waals surface area contributed by atoms with Gasteiger partial charge in [-0.2, -0.15) is 0 Å². The number of halogens is 1. The van der Waals surface area contributed by atoms with Crippen molar-refractivity contribution in [1.29, 1.82) is 0 Å². The quantitative estimate of drug-likeness (QED) is 0.616. The topological polar surface area (TPSA) is 17.1 Å². The first kappa shape index (κ1) is 11.1. The van der Waals surface area contributed by atoms with Gasteiger partial charge in [0.1, 0.15) is 5.82 Å². The number of hydrogen-bond acceptors (Lipinski definition) is 2. The molecule has 3 heteroatoms. The molecule has 0 bridgehead atoms. The Morgan fingerprint density at radius 3 is 2.67 bits per heavy atom. The molecule has 1 heterocycles. The molecule has 0 amide bonds. The maximum atomic E-state index is 13.3. The second-order valence-electron chi connectivity index (χ2n) is 3.97. The van der Waals surface area contributed by atoms with E-state index in [1.165, 1.54) is 23.5 Å². The van der Waals surface area contributed by atoms with Crippen molar-refractivity contribution < 1.29 is 9.18 Å². The lowest BCUT2D eigenvalue weighted by Gasteiger charge is -1.99. The third-order valence-corrected chi connectivity index (χ3v) is 4.07. The highest BCUT2D eigenvalue weighted by atomic mass is 32.1. The fraction of sp³-hybridized carbons (Fsp3) is 0. The summed E-state index contributed by atoms with van der Waals surface area (Å²) in [5, 5.41) is 0.928. The largest absolute Gasteiger partial charge is 0.298 e. The molecule has 2 aromatic carbocycles. The number of fused-ring (bicyclic) bond motifs is 1. The Bertz CT molecular complexity index is 730. The molecular weight excluding hydrogens is 247 g/mol. The molecule has 0 N–H and O–H groups in total. The first-order valence-corrected chi connectivity index (χ1v) is 6.34. The molecular formula is C15H9FOS. The summed E-state index contributed by atoms with van der Waals surface area (Å²) in [5.41, 5.74) is 1.39. The highest BCUT2D eigenvalue weighted by Crippen LogP contribution is 2.37. The summed E-state index contributed by atoms with van der Waals surface area (Å²) in [7, 11) is 0. The maximum absolute atomic E-state index is 13.3. The molecule has 0 saturated carbocycles. The minimum Gasteiger partial charge on any atom is -0.298 e. The molecule has 18 heavy (non-hydrogen) atoms. The molecule has 0 atom stereocenters. The van der Waals surface area contributed by atoms with E-state index in [2.05, 4.69) is 0 Å². The standard InChI is InChI=1S/C15H9FOS/c16-11-5-3-4-10(8-11)15-13(9-17)12-6-1-2-7-14(12)18-15/h1-9H. The smallest absolute Gasteiger partial charge is 0.152 e. The Hall–Kier alpha value is -2.00. The van der Waals surface area contributed by atoms with Crippen LogP contribution in [0.1, 0.15) is 10.4 Å². The van der Waals surface area contributed by atoms with Gasteiger partial charge in [0.2, 0.25) is 0 Å². The lowest BCUT2D eigenvalue weighted by atomic mass is 10.1. The van der Waals surface area contributed by atoms with Crippen LogP contribution in [0.4, 0.5) is 4.39 Å². The SMILES string of the molecule is O=Cc1c(-c2cccc(F)c2)sc2ccccc12. The van der Waals surface area contributed by atoms with E-state index < -0.39 is 0 Å². The van der Waals surface area contributed by atoms with E-state index in [1.807, 2.05) is 30.3 Å². The first-order chi connectivity index (χ1) is 8.79. The summed E-state index contributed by atoms with van der Waals surface area (Å²) in [6, 6.07) is 14.0. The zero-order chi connectivity index (χ0) is 12.5. The number of hydrogen-bond donors (Lipinski definition) is 0. The Labute approximate surface area is 108 Å². The lowest BCUT2D eigenvalue weighted by molar-refractivity contribution is 0.112. The second kappa shape index (κ2) is 4.35. The highest BCUT2D eigenvalue weighted by molar-refractivity contribution is 7.22. The molecule has 1 aromatic heterocycles. The van der Waals surface area contributed by atoms with Crippen LogP contribution in [0.5, 0.6) is 0 Å². The molecule has 0 aliphatic rings. The van der Waals surface area contributed by atoms with Crippen molar-refractivity contribution in [3.63, 3.8) is 0 Å². The van der Waals surface area contributed by atoms with Gasteiger partial charge in [-0.1, -0.05) is 30.3 Å². The fourth-order valence-electron chi connectivity index (χ4n) is 2.03. The van der Waals surface area contributed by atoms with Crippen LogP contribution in [0.25, 0.3) is 20.5 Å². The molecule has 0 aliphatic carbocycles. The summed E-state index contributed by atoms with van der Waals surface area (Å²) in [6.07, 6.45) is 0.846. The molecule has 1 nitrogen and oxygen atoms in total.